The van der Waals surface area contributed by atoms with E-state index in [2.05, 4.69) is 22.9 Å². The second kappa shape index (κ2) is 16.6. The van der Waals surface area contributed by atoms with Crippen LogP contribution in [0.25, 0.3) is 0 Å². The van der Waals surface area contributed by atoms with Crippen molar-refractivity contribution in [1.29, 1.82) is 0 Å². The Morgan fingerprint density at radius 3 is 2.00 bits per heavy atom. The van der Waals surface area contributed by atoms with Gasteiger partial charge in [-0.25, -0.2) is 0 Å². The van der Waals surface area contributed by atoms with Gasteiger partial charge in [0.15, 0.2) is 0 Å². The van der Waals surface area contributed by atoms with Gasteiger partial charge in [0.25, 0.3) is 0 Å². The third-order valence-electron chi connectivity index (χ3n) is 0.987. The topological polar surface area (TPSA) is 30.0 Å². The normalized spacial score (nSPS) is 7.33. The average molecular weight is 221 g/mol. The standard InChI is InChI=1S/C6H13Br.K.H2O/c1-2-3-4-5-6-7;;/h2-6H2,1H3;;1H2/q;+1;/p-1. The van der Waals surface area contributed by atoms with E-state index in [1.165, 1.54) is 31.0 Å². The van der Waals surface area contributed by atoms with Crippen LogP contribution in [0.15, 0.2) is 0 Å². The van der Waals surface area contributed by atoms with Crippen molar-refractivity contribution in [2.75, 3.05) is 5.33 Å². The summed E-state index contributed by atoms with van der Waals surface area (Å²) in [6, 6.07) is 0. The molecule has 0 rings (SSSR count). The van der Waals surface area contributed by atoms with Gasteiger partial charge in [0, 0.05) is 5.33 Å². The van der Waals surface area contributed by atoms with Gasteiger partial charge in [0.05, 0.1) is 0 Å². The van der Waals surface area contributed by atoms with Gasteiger partial charge < -0.3 is 5.48 Å². The minimum Gasteiger partial charge on any atom is -0.870 e. The van der Waals surface area contributed by atoms with Gasteiger partial charge in [0.2, 0.25) is 0 Å². The molecule has 9 heavy (non-hydrogen) atoms. The molecule has 0 radical (unpaired) electrons. The molecule has 1 nitrogen and oxygen atoms in total. The Morgan fingerprint density at radius 2 is 1.67 bits per heavy atom. The maximum atomic E-state index is 3.38. The molecule has 0 aliphatic rings. The van der Waals surface area contributed by atoms with Crippen LogP contribution in [0.5, 0.6) is 0 Å². The van der Waals surface area contributed by atoms with E-state index in [1.54, 1.807) is 0 Å². The van der Waals surface area contributed by atoms with Crippen molar-refractivity contribution in [1.82, 2.24) is 0 Å². The summed E-state index contributed by atoms with van der Waals surface area (Å²) in [7, 11) is 0. The van der Waals surface area contributed by atoms with Gasteiger partial charge in [-0.3, -0.25) is 0 Å². The van der Waals surface area contributed by atoms with E-state index in [0.717, 1.165) is 0 Å². The molecular formula is C6H14BrKO. The molecule has 0 aromatic carbocycles. The Hall–Kier alpha value is 2.08. The third-order valence-corrected chi connectivity index (χ3v) is 1.55. The van der Waals surface area contributed by atoms with E-state index in [-0.39, 0.29) is 56.9 Å². The fourth-order valence-electron chi connectivity index (χ4n) is 0.521. The Kier molecular flexibility index (Phi) is 31.8. The maximum Gasteiger partial charge on any atom is 1.00 e. The summed E-state index contributed by atoms with van der Waals surface area (Å²) >= 11 is 3.38. The zero-order valence-electron chi connectivity index (χ0n) is 6.36. The molecule has 0 saturated carbocycles. The van der Waals surface area contributed by atoms with Crippen LogP contribution >= 0.6 is 15.9 Å². The Morgan fingerprint density at radius 1 is 1.11 bits per heavy atom. The first kappa shape index (κ1) is 17.2. The van der Waals surface area contributed by atoms with Gasteiger partial charge in [-0.1, -0.05) is 42.1 Å². The molecule has 0 aliphatic heterocycles. The summed E-state index contributed by atoms with van der Waals surface area (Å²) in [5.41, 5.74) is 0. The molecule has 0 aromatic rings. The SMILES string of the molecule is CCCCCCBr.[K+].[OH-]. The second-order valence-corrected chi connectivity index (χ2v) is 2.54. The molecule has 0 amide bonds. The van der Waals surface area contributed by atoms with Gasteiger partial charge in [0.1, 0.15) is 0 Å². The number of hydrogen-bond donors (Lipinski definition) is 0. The minimum absolute atomic E-state index is 0. The summed E-state index contributed by atoms with van der Waals surface area (Å²) in [5.74, 6) is 0. The van der Waals surface area contributed by atoms with Crippen LogP contribution in [0.1, 0.15) is 32.6 Å². The Labute approximate surface area is 109 Å². The second-order valence-electron chi connectivity index (χ2n) is 1.75. The van der Waals surface area contributed by atoms with Crippen LogP contribution in [0.3, 0.4) is 0 Å². The van der Waals surface area contributed by atoms with Crippen molar-refractivity contribution in [2.24, 2.45) is 0 Å². The van der Waals surface area contributed by atoms with Crippen molar-refractivity contribution in [3.8, 4) is 0 Å². The molecule has 0 fully saturated rings. The molecule has 0 spiro atoms. The van der Waals surface area contributed by atoms with Crippen LogP contribution in [-0.4, -0.2) is 10.8 Å². The first-order chi connectivity index (χ1) is 3.41. The van der Waals surface area contributed by atoms with Crippen molar-refractivity contribution in [3.63, 3.8) is 0 Å². The summed E-state index contributed by atoms with van der Waals surface area (Å²) < 4.78 is 0. The fourth-order valence-corrected chi connectivity index (χ4v) is 0.918. The molecule has 0 aromatic heterocycles. The molecule has 0 aliphatic carbocycles. The first-order valence-electron chi connectivity index (χ1n) is 2.97. The predicted octanol–water partition coefficient (Wildman–Crippen LogP) is -0.211. The summed E-state index contributed by atoms with van der Waals surface area (Å²) in [5, 5.41) is 1.17. The van der Waals surface area contributed by atoms with Crippen LogP contribution in [0.2, 0.25) is 0 Å². The van der Waals surface area contributed by atoms with Gasteiger partial charge in [-0.05, 0) is 6.42 Å². The van der Waals surface area contributed by atoms with E-state index in [0.29, 0.717) is 0 Å². The molecule has 0 unspecified atom stereocenters. The summed E-state index contributed by atoms with van der Waals surface area (Å²) in [6.07, 6.45) is 5.47. The van der Waals surface area contributed by atoms with Crippen molar-refractivity contribution < 1.29 is 56.9 Å². The average Bonchev–Trinajstić information content (AvgIpc) is 1.69. The van der Waals surface area contributed by atoms with E-state index in [1.807, 2.05) is 0 Å². The Bertz CT molecular complexity index is 32.2. The number of alkyl halides is 1. The molecule has 52 valence electrons. The minimum atomic E-state index is 0. The zero-order chi connectivity index (χ0) is 5.54. The monoisotopic (exact) mass is 220 g/mol. The largest absolute Gasteiger partial charge is 1.00 e. The van der Waals surface area contributed by atoms with Gasteiger partial charge in [-0.15, -0.1) is 0 Å². The molecule has 0 saturated heterocycles. The van der Waals surface area contributed by atoms with E-state index >= 15 is 0 Å². The first-order valence-corrected chi connectivity index (χ1v) is 4.10. The van der Waals surface area contributed by atoms with Crippen LogP contribution < -0.4 is 51.4 Å². The molecule has 0 bridgehead atoms. The van der Waals surface area contributed by atoms with E-state index in [4.69, 9.17) is 0 Å². The number of rotatable bonds is 4. The van der Waals surface area contributed by atoms with Crippen LogP contribution in [-0.2, 0) is 0 Å². The maximum absolute atomic E-state index is 3.38. The smallest absolute Gasteiger partial charge is 0.870 e. The summed E-state index contributed by atoms with van der Waals surface area (Å²) in [4.78, 5) is 0. The Balaban J connectivity index is -0.000000180. The fraction of sp³-hybridized carbons (Fsp3) is 1.00. The van der Waals surface area contributed by atoms with E-state index in [9.17, 15) is 0 Å². The quantitative estimate of drug-likeness (QED) is 0.367. The van der Waals surface area contributed by atoms with Crippen molar-refractivity contribution in [3.05, 3.63) is 0 Å². The number of unbranched alkanes of at least 4 members (excludes halogenated alkanes) is 3. The van der Waals surface area contributed by atoms with E-state index < -0.39 is 0 Å². The predicted molar refractivity (Wildman–Crippen MR) is 39.9 cm³/mol. The van der Waals surface area contributed by atoms with Crippen molar-refractivity contribution in [2.45, 2.75) is 32.6 Å². The van der Waals surface area contributed by atoms with Crippen LogP contribution in [0, 0.1) is 0 Å². The summed E-state index contributed by atoms with van der Waals surface area (Å²) in [6.45, 7) is 2.23. The number of halogens is 1. The molecule has 0 heterocycles. The zero-order valence-corrected chi connectivity index (χ0v) is 11.1. The molecular weight excluding hydrogens is 207 g/mol. The van der Waals surface area contributed by atoms with Gasteiger partial charge >= 0.3 is 51.4 Å². The molecule has 0 atom stereocenters. The third kappa shape index (κ3) is 17.8. The number of hydrogen-bond acceptors (Lipinski definition) is 1. The van der Waals surface area contributed by atoms with Gasteiger partial charge in [-0.2, -0.15) is 0 Å². The molecule has 1 N–H and O–H groups in total. The van der Waals surface area contributed by atoms with Crippen LogP contribution in [0.4, 0.5) is 0 Å². The molecule has 3 heteroatoms. The van der Waals surface area contributed by atoms with Crippen molar-refractivity contribution >= 4 is 15.9 Å².